The lowest BCUT2D eigenvalue weighted by atomic mass is 9.74. The summed E-state index contributed by atoms with van der Waals surface area (Å²) < 4.78 is 0. The highest BCUT2D eigenvalue weighted by Gasteiger charge is 2.47. The van der Waals surface area contributed by atoms with Crippen LogP contribution in [0.25, 0.3) is 0 Å². The van der Waals surface area contributed by atoms with Gasteiger partial charge >= 0.3 is 5.97 Å². The first-order chi connectivity index (χ1) is 7.31. The second-order valence-electron chi connectivity index (χ2n) is 5.62. The fourth-order valence-corrected chi connectivity index (χ4v) is 3.98. The molecule has 2 atom stereocenters. The van der Waals surface area contributed by atoms with Gasteiger partial charge in [-0.2, -0.15) is 11.8 Å². The number of carboxylic acids is 1. The van der Waals surface area contributed by atoms with Gasteiger partial charge in [-0.1, -0.05) is 27.2 Å². The molecule has 0 radical (unpaired) electrons. The Bertz CT molecular complexity index is 265. The van der Waals surface area contributed by atoms with E-state index in [0.29, 0.717) is 18.6 Å². The molecule has 1 heterocycles. The van der Waals surface area contributed by atoms with Crippen molar-refractivity contribution >= 4 is 17.7 Å². The molecule has 0 saturated carbocycles. The lowest BCUT2D eigenvalue weighted by Gasteiger charge is -2.44. The fraction of sp³-hybridized carbons (Fsp3) is 0.917. The summed E-state index contributed by atoms with van der Waals surface area (Å²) in [5.41, 5.74) is -1.01. The molecule has 1 aliphatic heterocycles. The molecule has 2 N–H and O–H groups in total. The summed E-state index contributed by atoms with van der Waals surface area (Å²) >= 11 is 1.67. The van der Waals surface area contributed by atoms with Crippen LogP contribution in [0.15, 0.2) is 0 Å². The second kappa shape index (κ2) is 4.96. The molecule has 0 aromatic heterocycles. The standard InChI is InChI=1S/C12H22O3S/c1-4-5-9(10(13)14)12(15)6-11(2,3)7-16-8-12/h9,15H,4-8H2,1-3H3,(H,13,14). The molecule has 94 valence electrons. The predicted octanol–water partition coefficient (Wildman–Crippen LogP) is 2.38. The van der Waals surface area contributed by atoms with Gasteiger partial charge in [-0.3, -0.25) is 4.79 Å². The van der Waals surface area contributed by atoms with E-state index in [2.05, 4.69) is 13.8 Å². The van der Waals surface area contributed by atoms with Crippen LogP contribution in [0, 0.1) is 11.3 Å². The predicted molar refractivity (Wildman–Crippen MR) is 66.7 cm³/mol. The zero-order valence-electron chi connectivity index (χ0n) is 10.3. The monoisotopic (exact) mass is 246 g/mol. The van der Waals surface area contributed by atoms with Gasteiger partial charge in [0, 0.05) is 5.75 Å². The lowest BCUT2D eigenvalue weighted by molar-refractivity contribution is -0.153. The first-order valence-electron chi connectivity index (χ1n) is 5.84. The van der Waals surface area contributed by atoms with E-state index in [9.17, 15) is 15.0 Å². The third-order valence-corrected chi connectivity index (χ3v) is 4.84. The molecule has 0 spiro atoms. The van der Waals surface area contributed by atoms with Crippen LogP contribution in [0.1, 0.15) is 40.0 Å². The van der Waals surface area contributed by atoms with E-state index in [1.165, 1.54) is 0 Å². The lowest BCUT2D eigenvalue weighted by Crippen LogP contribution is -2.50. The van der Waals surface area contributed by atoms with E-state index in [-0.39, 0.29) is 5.41 Å². The normalized spacial score (nSPS) is 31.0. The van der Waals surface area contributed by atoms with Crippen molar-refractivity contribution in [3.05, 3.63) is 0 Å². The fourth-order valence-electron chi connectivity index (χ4n) is 2.57. The largest absolute Gasteiger partial charge is 0.481 e. The van der Waals surface area contributed by atoms with Crippen LogP contribution in [0.3, 0.4) is 0 Å². The number of carbonyl (C=O) groups is 1. The topological polar surface area (TPSA) is 57.5 Å². The second-order valence-corrected chi connectivity index (χ2v) is 6.60. The molecule has 0 aliphatic carbocycles. The molecular weight excluding hydrogens is 224 g/mol. The molecular formula is C12H22O3S. The van der Waals surface area contributed by atoms with Gasteiger partial charge in [0.2, 0.25) is 0 Å². The number of aliphatic carboxylic acids is 1. The van der Waals surface area contributed by atoms with Crippen molar-refractivity contribution in [1.82, 2.24) is 0 Å². The summed E-state index contributed by atoms with van der Waals surface area (Å²) in [6.07, 6.45) is 1.94. The molecule has 1 aliphatic rings. The van der Waals surface area contributed by atoms with Gasteiger partial charge in [0.15, 0.2) is 0 Å². The Labute approximate surface area is 102 Å². The number of hydrogen-bond donors (Lipinski definition) is 2. The average molecular weight is 246 g/mol. The smallest absolute Gasteiger partial charge is 0.309 e. The molecule has 0 aromatic carbocycles. The van der Waals surface area contributed by atoms with Crippen LogP contribution in [0.2, 0.25) is 0 Å². The first kappa shape index (κ1) is 13.8. The molecule has 1 saturated heterocycles. The Kier molecular flexibility index (Phi) is 4.29. The van der Waals surface area contributed by atoms with Gasteiger partial charge in [0.05, 0.1) is 11.5 Å². The van der Waals surface area contributed by atoms with Crippen molar-refractivity contribution in [2.45, 2.75) is 45.6 Å². The quantitative estimate of drug-likeness (QED) is 0.799. The van der Waals surface area contributed by atoms with E-state index >= 15 is 0 Å². The van der Waals surface area contributed by atoms with E-state index in [1.54, 1.807) is 11.8 Å². The van der Waals surface area contributed by atoms with Gasteiger partial charge in [0.1, 0.15) is 0 Å². The number of aliphatic hydroxyl groups is 1. The van der Waals surface area contributed by atoms with Gasteiger partial charge in [-0.05, 0) is 24.0 Å². The van der Waals surface area contributed by atoms with Crippen molar-refractivity contribution in [1.29, 1.82) is 0 Å². The highest BCUT2D eigenvalue weighted by atomic mass is 32.2. The van der Waals surface area contributed by atoms with Crippen molar-refractivity contribution < 1.29 is 15.0 Å². The highest BCUT2D eigenvalue weighted by Crippen LogP contribution is 2.43. The Morgan fingerprint density at radius 1 is 1.44 bits per heavy atom. The van der Waals surface area contributed by atoms with Gasteiger partial charge < -0.3 is 10.2 Å². The minimum atomic E-state index is -1.03. The first-order valence-corrected chi connectivity index (χ1v) is 6.99. The molecule has 0 amide bonds. The third-order valence-electron chi connectivity index (χ3n) is 3.15. The number of carboxylic acid groups (broad SMARTS) is 1. The van der Waals surface area contributed by atoms with E-state index in [0.717, 1.165) is 12.2 Å². The SMILES string of the molecule is CCCC(C(=O)O)C1(O)CSCC(C)(C)C1. The summed E-state index contributed by atoms with van der Waals surface area (Å²) in [7, 11) is 0. The van der Waals surface area contributed by atoms with Crippen LogP contribution in [0.4, 0.5) is 0 Å². The summed E-state index contributed by atoms with van der Waals surface area (Å²) in [4.78, 5) is 11.2. The van der Waals surface area contributed by atoms with E-state index < -0.39 is 17.5 Å². The maximum Gasteiger partial charge on any atom is 0.309 e. The van der Waals surface area contributed by atoms with Crippen LogP contribution in [-0.4, -0.2) is 33.3 Å². The molecule has 0 bridgehead atoms. The molecule has 3 nitrogen and oxygen atoms in total. The van der Waals surface area contributed by atoms with Crippen molar-refractivity contribution in [3.8, 4) is 0 Å². The van der Waals surface area contributed by atoms with Crippen LogP contribution in [-0.2, 0) is 4.79 Å². The zero-order chi connectivity index (χ0) is 12.4. The molecule has 0 aromatic rings. The Morgan fingerprint density at radius 3 is 2.50 bits per heavy atom. The Balaban J connectivity index is 2.84. The molecule has 16 heavy (non-hydrogen) atoms. The maximum absolute atomic E-state index is 11.2. The Hall–Kier alpha value is -0.220. The van der Waals surface area contributed by atoms with Crippen molar-refractivity contribution in [2.24, 2.45) is 11.3 Å². The number of hydrogen-bond acceptors (Lipinski definition) is 3. The Morgan fingerprint density at radius 2 is 2.06 bits per heavy atom. The van der Waals surface area contributed by atoms with E-state index in [1.807, 2.05) is 6.92 Å². The van der Waals surface area contributed by atoms with Crippen molar-refractivity contribution in [3.63, 3.8) is 0 Å². The van der Waals surface area contributed by atoms with Gasteiger partial charge in [-0.15, -0.1) is 0 Å². The minimum Gasteiger partial charge on any atom is -0.481 e. The summed E-state index contributed by atoms with van der Waals surface area (Å²) in [6, 6.07) is 0. The molecule has 1 fully saturated rings. The number of thioether (sulfide) groups is 1. The van der Waals surface area contributed by atoms with Crippen LogP contribution >= 0.6 is 11.8 Å². The van der Waals surface area contributed by atoms with Crippen molar-refractivity contribution in [2.75, 3.05) is 11.5 Å². The average Bonchev–Trinajstić information content (AvgIpc) is 2.11. The summed E-state index contributed by atoms with van der Waals surface area (Å²) in [5, 5.41) is 19.8. The van der Waals surface area contributed by atoms with E-state index in [4.69, 9.17) is 0 Å². The highest BCUT2D eigenvalue weighted by molar-refractivity contribution is 7.99. The van der Waals surface area contributed by atoms with Crippen LogP contribution < -0.4 is 0 Å². The molecule has 2 unspecified atom stereocenters. The number of rotatable bonds is 4. The summed E-state index contributed by atoms with van der Waals surface area (Å²) in [5.74, 6) is 0.0634. The molecule has 4 heteroatoms. The molecule has 1 rings (SSSR count). The van der Waals surface area contributed by atoms with Crippen LogP contribution in [0.5, 0.6) is 0 Å². The third kappa shape index (κ3) is 3.14. The zero-order valence-corrected chi connectivity index (χ0v) is 11.1. The van der Waals surface area contributed by atoms with Gasteiger partial charge in [0.25, 0.3) is 0 Å². The van der Waals surface area contributed by atoms with Gasteiger partial charge in [-0.25, -0.2) is 0 Å². The summed E-state index contributed by atoms with van der Waals surface area (Å²) in [6.45, 7) is 6.14. The minimum absolute atomic E-state index is 0.0269. The maximum atomic E-state index is 11.2.